The van der Waals surface area contributed by atoms with Gasteiger partial charge in [-0.3, -0.25) is 0 Å². The topological polar surface area (TPSA) is 60.0 Å². The molecule has 98 valence electrons. The highest BCUT2D eigenvalue weighted by atomic mass is 16.5. The van der Waals surface area contributed by atoms with Crippen molar-refractivity contribution in [1.29, 1.82) is 0 Å². The minimum absolute atomic E-state index is 0.472. The van der Waals surface area contributed by atoms with Crippen LogP contribution in [0.2, 0.25) is 0 Å². The molecule has 0 aliphatic carbocycles. The van der Waals surface area contributed by atoms with Crippen LogP contribution in [0.5, 0.6) is 0 Å². The second-order valence-corrected chi connectivity index (χ2v) is 4.30. The number of nitrogens with two attached hydrogens (primary N) is 1. The number of methoxy groups -OCH3 is 1. The van der Waals surface area contributed by atoms with Crippen LogP contribution in [-0.2, 0) is 11.3 Å². The van der Waals surface area contributed by atoms with E-state index >= 15 is 0 Å². The molecule has 0 radical (unpaired) electrons. The Bertz CT molecular complexity index is 594. The highest BCUT2D eigenvalue weighted by Gasteiger charge is 2.01. The maximum atomic E-state index is 5.85. The molecular weight excluding hydrogens is 238 g/mol. The summed E-state index contributed by atoms with van der Waals surface area (Å²) < 4.78 is 5.09. The quantitative estimate of drug-likeness (QED) is 0.659. The van der Waals surface area contributed by atoms with Gasteiger partial charge in [-0.1, -0.05) is 18.2 Å². The van der Waals surface area contributed by atoms with Crippen LogP contribution < -0.4 is 5.73 Å². The Balaban J connectivity index is 2.24. The van der Waals surface area contributed by atoms with E-state index in [1.165, 1.54) is 0 Å². The zero-order valence-electron chi connectivity index (χ0n) is 11.1. The fourth-order valence-electron chi connectivity index (χ4n) is 1.72. The summed E-state index contributed by atoms with van der Waals surface area (Å²) >= 11 is 0. The van der Waals surface area contributed by atoms with Crippen molar-refractivity contribution in [2.75, 3.05) is 12.8 Å². The van der Waals surface area contributed by atoms with Crippen LogP contribution in [0, 0.1) is 6.92 Å². The molecule has 0 saturated heterocycles. The molecule has 2 rings (SSSR count). The van der Waals surface area contributed by atoms with E-state index in [2.05, 4.69) is 10.2 Å². The van der Waals surface area contributed by atoms with Gasteiger partial charge in [-0.25, -0.2) is 0 Å². The van der Waals surface area contributed by atoms with Crippen molar-refractivity contribution in [2.45, 2.75) is 13.5 Å². The number of azo groups is 1. The molecule has 0 heterocycles. The van der Waals surface area contributed by atoms with Gasteiger partial charge in [-0.05, 0) is 36.8 Å². The van der Waals surface area contributed by atoms with E-state index in [1.54, 1.807) is 7.11 Å². The lowest BCUT2D eigenvalue weighted by molar-refractivity contribution is 0.185. The average molecular weight is 255 g/mol. The third kappa shape index (κ3) is 3.39. The van der Waals surface area contributed by atoms with E-state index in [-0.39, 0.29) is 0 Å². The first kappa shape index (κ1) is 13.2. The lowest BCUT2D eigenvalue weighted by atomic mass is 10.2. The summed E-state index contributed by atoms with van der Waals surface area (Å²) in [6.45, 7) is 2.48. The lowest BCUT2D eigenvalue weighted by Gasteiger charge is -2.04. The van der Waals surface area contributed by atoms with Gasteiger partial charge in [-0.15, -0.1) is 0 Å². The Morgan fingerprint density at radius 1 is 1.11 bits per heavy atom. The number of nitrogen functional groups attached to an aromatic ring is 1. The standard InChI is InChI=1S/C15H17N3O/c1-11-5-3-4-6-15(11)18-17-13-7-8-14(16)12(9-13)10-19-2/h3-9H,10,16H2,1-2H3. The number of rotatable bonds is 4. The number of aryl methyl sites for hydroxylation is 1. The first-order valence-corrected chi connectivity index (χ1v) is 6.05. The molecule has 0 unspecified atom stereocenters. The van der Waals surface area contributed by atoms with Crippen LogP contribution in [0.3, 0.4) is 0 Å². The molecule has 2 N–H and O–H groups in total. The molecule has 0 aliphatic heterocycles. The molecular formula is C15H17N3O. The SMILES string of the molecule is COCc1cc(N=Nc2ccccc2C)ccc1N. The Morgan fingerprint density at radius 2 is 1.89 bits per heavy atom. The number of benzene rings is 2. The summed E-state index contributed by atoms with van der Waals surface area (Å²) in [5, 5.41) is 8.49. The van der Waals surface area contributed by atoms with Crippen LogP contribution in [0.1, 0.15) is 11.1 Å². The number of hydrogen-bond acceptors (Lipinski definition) is 4. The molecule has 0 bridgehead atoms. The normalized spacial score (nSPS) is 11.1. The second kappa shape index (κ2) is 6.11. The molecule has 0 fully saturated rings. The molecule has 0 aromatic heterocycles. The van der Waals surface area contributed by atoms with Gasteiger partial charge >= 0.3 is 0 Å². The molecule has 0 atom stereocenters. The number of ether oxygens (including phenoxy) is 1. The number of nitrogens with zero attached hydrogens (tertiary/aromatic N) is 2. The molecule has 0 saturated carbocycles. The van der Waals surface area contributed by atoms with Crippen LogP contribution in [0.4, 0.5) is 17.1 Å². The summed E-state index contributed by atoms with van der Waals surface area (Å²) in [6, 6.07) is 13.4. The van der Waals surface area contributed by atoms with Gasteiger partial charge in [0.25, 0.3) is 0 Å². The van der Waals surface area contributed by atoms with Gasteiger partial charge < -0.3 is 10.5 Å². The van der Waals surface area contributed by atoms with Crippen molar-refractivity contribution in [3.8, 4) is 0 Å². The highest BCUT2D eigenvalue weighted by Crippen LogP contribution is 2.24. The number of hydrogen-bond donors (Lipinski definition) is 1. The summed E-state index contributed by atoms with van der Waals surface area (Å²) in [7, 11) is 1.64. The van der Waals surface area contributed by atoms with Crippen molar-refractivity contribution in [3.05, 3.63) is 53.6 Å². The van der Waals surface area contributed by atoms with Gasteiger partial charge in [0.2, 0.25) is 0 Å². The maximum absolute atomic E-state index is 5.85. The Morgan fingerprint density at radius 3 is 2.63 bits per heavy atom. The molecule has 2 aromatic rings. The van der Waals surface area contributed by atoms with Gasteiger partial charge in [0.15, 0.2) is 0 Å². The van der Waals surface area contributed by atoms with E-state index in [9.17, 15) is 0 Å². The number of anilines is 1. The largest absolute Gasteiger partial charge is 0.398 e. The monoisotopic (exact) mass is 255 g/mol. The van der Waals surface area contributed by atoms with Crippen molar-refractivity contribution in [2.24, 2.45) is 10.2 Å². The summed E-state index contributed by atoms with van der Waals surface area (Å²) in [5.74, 6) is 0. The fraction of sp³-hybridized carbons (Fsp3) is 0.200. The predicted molar refractivity (Wildman–Crippen MR) is 76.9 cm³/mol. The van der Waals surface area contributed by atoms with Crippen molar-refractivity contribution in [3.63, 3.8) is 0 Å². The first-order chi connectivity index (χ1) is 9.20. The Labute approximate surface area is 112 Å². The molecule has 0 spiro atoms. The first-order valence-electron chi connectivity index (χ1n) is 6.05. The predicted octanol–water partition coefficient (Wildman–Crippen LogP) is 4.14. The van der Waals surface area contributed by atoms with Crippen molar-refractivity contribution in [1.82, 2.24) is 0 Å². The van der Waals surface area contributed by atoms with Crippen molar-refractivity contribution < 1.29 is 4.74 Å². The van der Waals surface area contributed by atoms with Crippen molar-refractivity contribution >= 4 is 17.1 Å². The van der Waals surface area contributed by atoms with E-state index in [0.29, 0.717) is 12.3 Å². The third-order valence-electron chi connectivity index (χ3n) is 2.82. The summed E-state index contributed by atoms with van der Waals surface area (Å²) in [6.07, 6.45) is 0. The van der Waals surface area contributed by atoms with Gasteiger partial charge in [0, 0.05) is 18.4 Å². The van der Waals surface area contributed by atoms with Gasteiger partial charge in [0.1, 0.15) is 0 Å². The molecule has 19 heavy (non-hydrogen) atoms. The van der Waals surface area contributed by atoms with Crippen LogP contribution in [0.25, 0.3) is 0 Å². The van der Waals surface area contributed by atoms with E-state index in [0.717, 1.165) is 22.5 Å². The summed E-state index contributed by atoms with van der Waals surface area (Å²) in [5.41, 5.74) is 10.2. The minimum atomic E-state index is 0.472. The molecule has 4 nitrogen and oxygen atoms in total. The van der Waals surface area contributed by atoms with E-state index < -0.39 is 0 Å². The van der Waals surface area contributed by atoms with E-state index in [4.69, 9.17) is 10.5 Å². The molecule has 2 aromatic carbocycles. The molecule has 4 heteroatoms. The Hall–Kier alpha value is -2.20. The lowest BCUT2D eigenvalue weighted by Crippen LogP contribution is -1.94. The van der Waals surface area contributed by atoms with Gasteiger partial charge in [0.05, 0.1) is 18.0 Å². The van der Waals surface area contributed by atoms with Crippen LogP contribution in [-0.4, -0.2) is 7.11 Å². The third-order valence-corrected chi connectivity index (χ3v) is 2.82. The van der Waals surface area contributed by atoms with Crippen LogP contribution in [0.15, 0.2) is 52.7 Å². The smallest absolute Gasteiger partial charge is 0.0886 e. The summed E-state index contributed by atoms with van der Waals surface area (Å²) in [4.78, 5) is 0. The molecule has 0 amide bonds. The minimum Gasteiger partial charge on any atom is -0.398 e. The second-order valence-electron chi connectivity index (χ2n) is 4.30. The van der Waals surface area contributed by atoms with E-state index in [1.807, 2.05) is 49.4 Å². The zero-order chi connectivity index (χ0) is 13.7. The highest BCUT2D eigenvalue weighted by molar-refractivity contribution is 5.55. The average Bonchev–Trinajstić information content (AvgIpc) is 2.41. The zero-order valence-corrected chi connectivity index (χ0v) is 11.1. The maximum Gasteiger partial charge on any atom is 0.0886 e. The molecule has 0 aliphatic rings. The Kier molecular flexibility index (Phi) is 4.26. The van der Waals surface area contributed by atoms with Crippen LogP contribution >= 0.6 is 0 Å². The fourth-order valence-corrected chi connectivity index (χ4v) is 1.72. The van der Waals surface area contributed by atoms with Gasteiger partial charge in [-0.2, -0.15) is 10.2 Å².